The number of aliphatic hydroxyl groups is 1. The van der Waals surface area contributed by atoms with E-state index in [1.807, 2.05) is 48.2 Å². The third kappa shape index (κ3) is 7.10. The lowest BCUT2D eigenvalue weighted by Crippen LogP contribution is -2.67. The van der Waals surface area contributed by atoms with Gasteiger partial charge in [-0.2, -0.15) is 23.4 Å². The number of rotatable bonds is 10. The van der Waals surface area contributed by atoms with Crippen LogP contribution < -0.4 is 20.3 Å². The van der Waals surface area contributed by atoms with Crippen molar-refractivity contribution in [3.63, 3.8) is 0 Å². The van der Waals surface area contributed by atoms with Crippen LogP contribution in [0, 0.1) is 23.7 Å². The van der Waals surface area contributed by atoms with E-state index in [9.17, 15) is 28.3 Å². The van der Waals surface area contributed by atoms with Crippen LogP contribution in [0.1, 0.15) is 65.4 Å². The van der Waals surface area contributed by atoms with E-state index in [-0.39, 0.29) is 35.1 Å². The number of hydrogen-bond donors (Lipinski definition) is 3. The lowest BCUT2D eigenvalue weighted by Gasteiger charge is -2.48. The fraction of sp³-hybridized carbons (Fsp3) is 0.419. The first-order valence-electron chi connectivity index (χ1n) is 19.8. The molecule has 3 saturated heterocycles. The largest absolute Gasteiger partial charge is 0.480 e. The molecule has 16 heteroatoms. The molecule has 3 aliphatic heterocycles. The summed E-state index contributed by atoms with van der Waals surface area (Å²) in [6.07, 6.45) is -1.56. The molecule has 0 bridgehead atoms. The quantitative estimate of drug-likeness (QED) is 0.161. The van der Waals surface area contributed by atoms with E-state index in [1.54, 1.807) is 16.8 Å². The highest BCUT2D eigenvalue weighted by Gasteiger charge is 2.47. The number of furan rings is 1. The highest BCUT2D eigenvalue weighted by atomic mass is 19.4. The fourth-order valence-corrected chi connectivity index (χ4v) is 9.28. The van der Waals surface area contributed by atoms with Crippen LogP contribution in [0.4, 0.5) is 13.2 Å². The number of nitriles is 1. The van der Waals surface area contributed by atoms with Gasteiger partial charge in [-0.05, 0) is 66.5 Å². The zero-order valence-corrected chi connectivity index (χ0v) is 32.7. The van der Waals surface area contributed by atoms with Crippen molar-refractivity contribution in [1.29, 1.82) is 10.7 Å². The van der Waals surface area contributed by atoms with Crippen LogP contribution in [0.25, 0.3) is 33.4 Å². The Morgan fingerprint density at radius 2 is 1.85 bits per heavy atom. The number of amides is 1. The number of carbonyl (C=O) groups is 1. The minimum Gasteiger partial charge on any atom is -0.480 e. The third-order valence-electron chi connectivity index (χ3n) is 12.2. The van der Waals surface area contributed by atoms with Gasteiger partial charge in [0, 0.05) is 64.0 Å². The number of pyridine rings is 1. The highest BCUT2D eigenvalue weighted by Crippen LogP contribution is 2.45. The number of nitrogens with one attached hydrogen (secondary N) is 2. The number of benzene rings is 2. The molecule has 0 radical (unpaired) electrons. The molecule has 2 atom stereocenters. The Morgan fingerprint density at radius 1 is 1.07 bits per heavy atom. The number of methoxy groups -OCH3 is 1. The number of fused-ring (bicyclic) bond motifs is 2. The number of aliphatic hydroxyl groups excluding tert-OH is 1. The molecule has 0 saturated carbocycles. The second-order valence-corrected chi connectivity index (χ2v) is 16.1. The molecule has 3 fully saturated rings. The van der Waals surface area contributed by atoms with Crippen molar-refractivity contribution in [2.45, 2.75) is 76.0 Å². The van der Waals surface area contributed by atoms with Crippen LogP contribution in [0.15, 0.2) is 53.1 Å². The fourth-order valence-electron chi connectivity index (χ4n) is 9.28. The number of likely N-dealkylation sites (tertiary alicyclic amines) is 2. The monoisotopic (exact) mass is 808 g/mol. The summed E-state index contributed by atoms with van der Waals surface area (Å²) in [7, 11) is 1.33. The van der Waals surface area contributed by atoms with Crippen LogP contribution in [-0.2, 0) is 30.5 Å². The summed E-state index contributed by atoms with van der Waals surface area (Å²) in [4.78, 5) is 24.0. The summed E-state index contributed by atoms with van der Waals surface area (Å²) in [5, 5.41) is 32.7. The Kier molecular flexibility index (Phi) is 9.72. The number of alkyl halides is 3. The van der Waals surface area contributed by atoms with E-state index in [0.29, 0.717) is 74.2 Å². The minimum absolute atomic E-state index is 0.0228. The van der Waals surface area contributed by atoms with Gasteiger partial charge in [0.15, 0.2) is 5.58 Å². The molecule has 5 aromatic rings. The van der Waals surface area contributed by atoms with Gasteiger partial charge in [-0.3, -0.25) is 20.0 Å². The van der Waals surface area contributed by atoms with Crippen molar-refractivity contribution in [2.24, 2.45) is 0 Å². The van der Waals surface area contributed by atoms with Gasteiger partial charge in [0.2, 0.25) is 23.4 Å². The van der Waals surface area contributed by atoms with Gasteiger partial charge in [-0.15, -0.1) is 0 Å². The van der Waals surface area contributed by atoms with Crippen LogP contribution in [0.2, 0.25) is 0 Å². The molecule has 1 amide bonds. The Labute approximate surface area is 337 Å². The predicted octanol–water partition coefficient (Wildman–Crippen LogP) is 5.64. The molecule has 306 valence electrons. The lowest BCUT2D eigenvalue weighted by molar-refractivity contribution is -0.143. The Balaban J connectivity index is 0.983. The Morgan fingerprint density at radius 3 is 2.56 bits per heavy atom. The van der Waals surface area contributed by atoms with E-state index in [2.05, 4.69) is 26.3 Å². The molecule has 2 aromatic carbocycles. The molecular formula is C43H43F3N8O5. The molecule has 9 rings (SSSR count). The standard InChI is InChI=1S/C43H43F3N8O5/c1-24-27(5-3-6-28(24)35-17-32-37(58-35)25(18-47)19-54(39(32)48)16-15-53-22-42(23-53)13-11-36(56)51-42)29-7-4-8-31-30(29)9-10-34(31)59-41-38(43(44,45)46)49-33(40(50-41)57-2)21-52-14-12-26(55)20-52/h3-8,17,19,26,34,48,55H,9-16,20-23H2,1-2H3,(H,51,56)/t26-,34+/m1/s1. The number of carbonyl (C=O) groups excluding carboxylic acids is 1. The molecule has 4 aliphatic rings. The zero-order valence-electron chi connectivity index (χ0n) is 32.7. The first kappa shape index (κ1) is 38.7. The Hall–Kier alpha value is -5.76. The maximum absolute atomic E-state index is 14.5. The number of halogens is 3. The zero-order chi connectivity index (χ0) is 41.2. The molecule has 1 spiro atoms. The number of ether oxygens (including phenoxy) is 2. The maximum atomic E-state index is 14.5. The van der Waals surface area contributed by atoms with Crippen LogP contribution >= 0.6 is 0 Å². The van der Waals surface area contributed by atoms with E-state index in [0.717, 1.165) is 52.9 Å². The molecule has 3 aromatic heterocycles. The van der Waals surface area contributed by atoms with Crippen molar-refractivity contribution < 1.29 is 37.0 Å². The van der Waals surface area contributed by atoms with Crippen molar-refractivity contribution in [1.82, 2.24) is 29.7 Å². The number of β-amino-alcohol motifs (C(OH)–C–C–N with tert-alkyl or cyclic N) is 1. The second kappa shape index (κ2) is 14.8. The summed E-state index contributed by atoms with van der Waals surface area (Å²) in [6, 6.07) is 15.6. The van der Waals surface area contributed by atoms with Crippen molar-refractivity contribution in [2.75, 3.05) is 39.8 Å². The molecule has 13 nitrogen and oxygen atoms in total. The molecule has 3 N–H and O–H groups in total. The normalized spacial score (nSPS) is 20.2. The van der Waals surface area contributed by atoms with Gasteiger partial charge in [-0.1, -0.05) is 36.4 Å². The van der Waals surface area contributed by atoms with Gasteiger partial charge in [-0.25, -0.2) is 4.98 Å². The van der Waals surface area contributed by atoms with E-state index in [1.165, 1.54) is 7.11 Å². The maximum Gasteiger partial charge on any atom is 0.438 e. The molecular weight excluding hydrogens is 766 g/mol. The number of nitrogens with zero attached hydrogens (tertiary/aromatic N) is 6. The number of hydrogen-bond acceptors (Lipinski definition) is 11. The summed E-state index contributed by atoms with van der Waals surface area (Å²) >= 11 is 0. The number of aromatic nitrogens is 3. The van der Waals surface area contributed by atoms with Crippen molar-refractivity contribution in [3.8, 4) is 40.3 Å². The predicted molar refractivity (Wildman–Crippen MR) is 208 cm³/mol. The first-order valence-corrected chi connectivity index (χ1v) is 19.8. The second-order valence-electron chi connectivity index (χ2n) is 16.1. The average Bonchev–Trinajstić information content (AvgIpc) is 4.01. The van der Waals surface area contributed by atoms with Gasteiger partial charge in [0.1, 0.15) is 34.7 Å². The van der Waals surface area contributed by atoms with E-state index < -0.39 is 30.0 Å². The van der Waals surface area contributed by atoms with E-state index in [4.69, 9.17) is 19.3 Å². The topological polar surface area (TPSA) is 166 Å². The third-order valence-corrected chi connectivity index (χ3v) is 12.2. The molecule has 59 heavy (non-hydrogen) atoms. The summed E-state index contributed by atoms with van der Waals surface area (Å²) in [5.74, 6) is -0.105. The van der Waals surface area contributed by atoms with Gasteiger partial charge in [0.05, 0.1) is 24.1 Å². The Bertz CT molecular complexity index is 2590. The van der Waals surface area contributed by atoms with Gasteiger partial charge >= 0.3 is 6.18 Å². The van der Waals surface area contributed by atoms with E-state index >= 15 is 0 Å². The summed E-state index contributed by atoms with van der Waals surface area (Å²) in [5.41, 5.74) is 4.75. The molecule has 1 aliphatic carbocycles. The van der Waals surface area contributed by atoms with Crippen LogP contribution in [0.5, 0.6) is 11.8 Å². The smallest absolute Gasteiger partial charge is 0.438 e. The van der Waals surface area contributed by atoms with Crippen molar-refractivity contribution >= 4 is 16.9 Å². The molecule has 6 heterocycles. The van der Waals surface area contributed by atoms with Gasteiger partial charge in [0.25, 0.3) is 0 Å². The summed E-state index contributed by atoms with van der Waals surface area (Å²) < 4.78 is 63.0. The van der Waals surface area contributed by atoms with Gasteiger partial charge < -0.3 is 28.9 Å². The highest BCUT2D eigenvalue weighted by molar-refractivity contribution is 5.88. The van der Waals surface area contributed by atoms with Crippen LogP contribution in [-0.4, -0.2) is 86.8 Å². The van der Waals surface area contributed by atoms with Crippen LogP contribution in [0.3, 0.4) is 0 Å². The average molecular weight is 809 g/mol. The van der Waals surface area contributed by atoms with Crippen molar-refractivity contribution in [3.05, 3.63) is 87.8 Å². The lowest BCUT2D eigenvalue weighted by atomic mass is 9.88. The minimum atomic E-state index is -4.84. The summed E-state index contributed by atoms with van der Waals surface area (Å²) in [6.45, 7) is 5.58. The first-order chi connectivity index (χ1) is 28.3. The molecule has 0 unspecified atom stereocenters. The SMILES string of the molecule is COc1nc(O[C@H]2CCc3c(-c4cccc(-c5cc6c(=N)n(CCN7CC8(CCC(=O)N8)C7)cc(C#N)c6o5)c4C)cccc32)c(C(F)(F)F)nc1CN1CC[C@@H](O)C1.